The van der Waals surface area contributed by atoms with Crippen molar-refractivity contribution in [3.8, 4) is 5.75 Å². The molecule has 0 amide bonds. The molecule has 104 valence electrons. The third kappa shape index (κ3) is 2.72. The molecule has 0 aliphatic carbocycles. The van der Waals surface area contributed by atoms with E-state index in [4.69, 9.17) is 4.74 Å². The first-order valence-corrected chi connectivity index (χ1v) is 6.98. The molecule has 1 heterocycles. The van der Waals surface area contributed by atoms with Gasteiger partial charge in [-0.15, -0.1) is 0 Å². The molecule has 1 unspecified atom stereocenters. The summed E-state index contributed by atoms with van der Waals surface area (Å²) in [5.74, 6) is 1.03. The summed E-state index contributed by atoms with van der Waals surface area (Å²) in [4.78, 5) is 2.10. The molecule has 0 spiro atoms. The highest BCUT2D eigenvalue weighted by atomic mass is 16.5. The minimum Gasteiger partial charge on any atom is -0.488 e. The average molecular weight is 268 g/mol. The van der Waals surface area contributed by atoms with Crippen LogP contribution in [-0.4, -0.2) is 26.7 Å². The molecule has 2 aromatic carbocycles. The summed E-state index contributed by atoms with van der Waals surface area (Å²) >= 11 is 0. The maximum atomic E-state index is 5.93. The van der Waals surface area contributed by atoms with Gasteiger partial charge in [-0.3, -0.25) is 0 Å². The van der Waals surface area contributed by atoms with Crippen LogP contribution in [0.15, 0.2) is 48.5 Å². The SMILES string of the molecule is CN(C)c1cccc(NCC2Cc3ccccc3O2)c1. The van der Waals surface area contributed by atoms with Crippen LogP contribution in [0.2, 0.25) is 0 Å². The fraction of sp³-hybridized carbons (Fsp3) is 0.294. The number of nitrogens with zero attached hydrogens (tertiary/aromatic N) is 1. The standard InChI is InChI=1S/C17H20N2O/c1-19(2)15-8-5-7-14(11-15)18-12-16-10-13-6-3-4-9-17(13)20-16/h3-9,11,16,18H,10,12H2,1-2H3. The highest BCUT2D eigenvalue weighted by Crippen LogP contribution is 2.28. The number of benzene rings is 2. The molecule has 1 N–H and O–H groups in total. The van der Waals surface area contributed by atoms with Gasteiger partial charge in [-0.1, -0.05) is 24.3 Å². The molecule has 3 nitrogen and oxygen atoms in total. The summed E-state index contributed by atoms with van der Waals surface area (Å²) in [6.45, 7) is 0.825. The molecule has 0 radical (unpaired) electrons. The van der Waals surface area contributed by atoms with Gasteiger partial charge in [-0.2, -0.15) is 0 Å². The topological polar surface area (TPSA) is 24.5 Å². The van der Waals surface area contributed by atoms with E-state index in [9.17, 15) is 0 Å². The number of para-hydroxylation sites is 1. The molecular weight excluding hydrogens is 248 g/mol. The maximum Gasteiger partial charge on any atom is 0.123 e. The van der Waals surface area contributed by atoms with Gasteiger partial charge >= 0.3 is 0 Å². The fourth-order valence-electron chi connectivity index (χ4n) is 2.49. The zero-order valence-corrected chi connectivity index (χ0v) is 12.0. The van der Waals surface area contributed by atoms with Crippen LogP contribution in [0.25, 0.3) is 0 Å². The molecule has 3 rings (SSSR count). The molecule has 1 aliphatic rings. The van der Waals surface area contributed by atoms with Crippen molar-refractivity contribution >= 4 is 11.4 Å². The van der Waals surface area contributed by atoms with Crippen molar-refractivity contribution < 1.29 is 4.74 Å². The third-order valence-corrected chi connectivity index (χ3v) is 3.61. The van der Waals surface area contributed by atoms with Gasteiger partial charge in [-0.05, 0) is 29.8 Å². The number of anilines is 2. The predicted octanol–water partition coefficient (Wildman–Crippen LogP) is 3.17. The largest absolute Gasteiger partial charge is 0.488 e. The van der Waals surface area contributed by atoms with E-state index in [0.717, 1.165) is 24.4 Å². The smallest absolute Gasteiger partial charge is 0.123 e. The normalized spacial score (nSPS) is 16.4. The molecular formula is C17H20N2O. The Bertz CT molecular complexity index is 570. The Morgan fingerprint density at radius 2 is 2.00 bits per heavy atom. The van der Waals surface area contributed by atoms with Crippen molar-refractivity contribution in [1.29, 1.82) is 0 Å². The summed E-state index contributed by atoms with van der Waals surface area (Å²) in [6.07, 6.45) is 1.20. The summed E-state index contributed by atoms with van der Waals surface area (Å²) in [5.41, 5.74) is 3.64. The first-order valence-electron chi connectivity index (χ1n) is 6.98. The third-order valence-electron chi connectivity index (χ3n) is 3.61. The van der Waals surface area contributed by atoms with E-state index >= 15 is 0 Å². The van der Waals surface area contributed by atoms with Crippen LogP contribution >= 0.6 is 0 Å². The second kappa shape index (κ2) is 5.45. The lowest BCUT2D eigenvalue weighted by atomic mass is 10.1. The van der Waals surface area contributed by atoms with Gasteiger partial charge in [0.2, 0.25) is 0 Å². The lowest BCUT2D eigenvalue weighted by Crippen LogP contribution is -2.24. The molecule has 0 bridgehead atoms. The van der Waals surface area contributed by atoms with Crippen molar-refractivity contribution in [3.63, 3.8) is 0 Å². The highest BCUT2D eigenvalue weighted by Gasteiger charge is 2.21. The van der Waals surface area contributed by atoms with Gasteiger partial charge in [-0.25, -0.2) is 0 Å². The quantitative estimate of drug-likeness (QED) is 0.921. The van der Waals surface area contributed by atoms with E-state index < -0.39 is 0 Å². The minimum absolute atomic E-state index is 0.218. The predicted molar refractivity (Wildman–Crippen MR) is 83.8 cm³/mol. The lowest BCUT2D eigenvalue weighted by Gasteiger charge is -2.16. The van der Waals surface area contributed by atoms with Crippen LogP contribution in [0.3, 0.4) is 0 Å². The van der Waals surface area contributed by atoms with Crippen molar-refractivity contribution in [2.45, 2.75) is 12.5 Å². The van der Waals surface area contributed by atoms with Gasteiger partial charge in [0.25, 0.3) is 0 Å². The first kappa shape index (κ1) is 12.9. The highest BCUT2D eigenvalue weighted by molar-refractivity contribution is 5.57. The number of hydrogen-bond donors (Lipinski definition) is 1. The van der Waals surface area contributed by atoms with Crippen LogP contribution in [0.1, 0.15) is 5.56 Å². The minimum atomic E-state index is 0.218. The van der Waals surface area contributed by atoms with Crippen molar-refractivity contribution in [2.24, 2.45) is 0 Å². The van der Waals surface area contributed by atoms with Crippen molar-refractivity contribution in [3.05, 3.63) is 54.1 Å². The molecule has 0 saturated carbocycles. The summed E-state index contributed by atoms with van der Waals surface area (Å²) in [5, 5.41) is 3.47. The van der Waals surface area contributed by atoms with Crippen molar-refractivity contribution in [1.82, 2.24) is 0 Å². The van der Waals surface area contributed by atoms with Crippen molar-refractivity contribution in [2.75, 3.05) is 30.9 Å². The van der Waals surface area contributed by atoms with E-state index in [1.54, 1.807) is 0 Å². The Labute approximate surface area is 120 Å². The summed E-state index contributed by atoms with van der Waals surface area (Å²) < 4.78 is 5.93. The van der Waals surface area contributed by atoms with E-state index in [-0.39, 0.29) is 6.10 Å². The maximum absolute atomic E-state index is 5.93. The van der Waals surface area contributed by atoms with Gasteiger partial charge in [0.05, 0.1) is 6.54 Å². The van der Waals surface area contributed by atoms with Crippen LogP contribution < -0.4 is 15.0 Å². The summed E-state index contributed by atoms with van der Waals surface area (Å²) in [6, 6.07) is 16.7. The number of rotatable bonds is 4. The number of ether oxygens (including phenoxy) is 1. The van der Waals surface area contributed by atoms with E-state index in [1.807, 2.05) is 12.1 Å². The molecule has 1 aliphatic heterocycles. The second-order valence-electron chi connectivity index (χ2n) is 5.38. The second-order valence-corrected chi connectivity index (χ2v) is 5.38. The molecule has 0 saturated heterocycles. The number of hydrogen-bond acceptors (Lipinski definition) is 3. The zero-order chi connectivity index (χ0) is 13.9. The van der Waals surface area contributed by atoms with Crippen LogP contribution in [0, 0.1) is 0 Å². The molecule has 20 heavy (non-hydrogen) atoms. The zero-order valence-electron chi connectivity index (χ0n) is 12.0. The first-order chi connectivity index (χ1) is 9.72. The Kier molecular flexibility index (Phi) is 3.50. The van der Waals surface area contributed by atoms with Gasteiger partial charge in [0.1, 0.15) is 11.9 Å². The summed E-state index contributed by atoms with van der Waals surface area (Å²) in [7, 11) is 4.10. The van der Waals surface area contributed by atoms with Crippen LogP contribution in [0.4, 0.5) is 11.4 Å². The molecule has 1 atom stereocenters. The van der Waals surface area contributed by atoms with Gasteiger partial charge < -0.3 is 15.0 Å². The Hall–Kier alpha value is -2.16. The monoisotopic (exact) mass is 268 g/mol. The van der Waals surface area contributed by atoms with Crippen LogP contribution in [0.5, 0.6) is 5.75 Å². The average Bonchev–Trinajstić information content (AvgIpc) is 2.88. The van der Waals surface area contributed by atoms with Crippen LogP contribution in [-0.2, 0) is 6.42 Å². The van der Waals surface area contributed by atoms with E-state index in [2.05, 4.69) is 60.7 Å². The Balaban J connectivity index is 1.60. The fourth-order valence-corrected chi connectivity index (χ4v) is 2.49. The Morgan fingerprint density at radius 3 is 2.80 bits per heavy atom. The number of fused-ring (bicyclic) bond motifs is 1. The lowest BCUT2D eigenvalue weighted by molar-refractivity contribution is 0.246. The van der Waals surface area contributed by atoms with Gasteiger partial charge in [0, 0.05) is 31.9 Å². The Morgan fingerprint density at radius 1 is 1.15 bits per heavy atom. The van der Waals surface area contributed by atoms with Gasteiger partial charge in [0.15, 0.2) is 0 Å². The molecule has 3 heteroatoms. The number of nitrogens with one attached hydrogen (secondary N) is 1. The van der Waals surface area contributed by atoms with E-state index in [1.165, 1.54) is 11.3 Å². The molecule has 0 fully saturated rings. The molecule has 2 aromatic rings. The van der Waals surface area contributed by atoms with E-state index in [0.29, 0.717) is 0 Å². The molecule has 0 aromatic heterocycles.